The maximum Gasteiger partial charge on any atom is 0.273 e. The molecule has 2 unspecified atom stereocenters. The van der Waals surface area contributed by atoms with Gasteiger partial charge in [0.1, 0.15) is 0 Å². The Morgan fingerprint density at radius 1 is 1.37 bits per heavy atom. The van der Waals surface area contributed by atoms with Gasteiger partial charge < -0.3 is 0 Å². The molecule has 3 heteroatoms. The first-order valence-corrected chi connectivity index (χ1v) is 7.37. The molecule has 0 radical (unpaired) electrons. The molecule has 3 rings (SSSR count). The summed E-state index contributed by atoms with van der Waals surface area (Å²) in [6.45, 7) is 4.56. The lowest BCUT2D eigenvalue weighted by atomic mass is 9.71. The molecule has 3 nitrogen and oxygen atoms in total. The Labute approximate surface area is 114 Å². The zero-order valence-corrected chi connectivity index (χ0v) is 11.7. The van der Waals surface area contributed by atoms with E-state index in [9.17, 15) is 10.1 Å². The first-order chi connectivity index (χ1) is 9.11. The summed E-state index contributed by atoms with van der Waals surface area (Å²) >= 11 is 0. The molecule has 0 saturated heterocycles. The maximum absolute atomic E-state index is 11.3. The van der Waals surface area contributed by atoms with Crippen LogP contribution < -0.4 is 0 Å². The number of nitro groups is 1. The highest BCUT2D eigenvalue weighted by atomic mass is 16.6. The number of hydrogen-bond donors (Lipinski definition) is 0. The highest BCUT2D eigenvalue weighted by molar-refractivity contribution is 5.50. The van der Waals surface area contributed by atoms with E-state index >= 15 is 0 Å². The fraction of sp³-hybridized carbons (Fsp3) is 0.625. The Kier molecular flexibility index (Phi) is 2.88. The minimum atomic E-state index is -0.197. The molecule has 0 N–H and O–H groups in total. The highest BCUT2D eigenvalue weighted by Crippen LogP contribution is 2.60. The van der Waals surface area contributed by atoms with Crippen molar-refractivity contribution in [3.8, 4) is 0 Å². The summed E-state index contributed by atoms with van der Waals surface area (Å²) in [4.78, 5) is 11.1. The molecule has 102 valence electrons. The van der Waals surface area contributed by atoms with Crippen LogP contribution in [0.3, 0.4) is 0 Å². The third kappa shape index (κ3) is 1.71. The van der Waals surface area contributed by atoms with Crippen LogP contribution in [0.25, 0.3) is 0 Å². The first kappa shape index (κ1) is 12.6. The number of fused-ring (bicyclic) bond motifs is 4. The van der Waals surface area contributed by atoms with Gasteiger partial charge in [-0.25, -0.2) is 0 Å². The van der Waals surface area contributed by atoms with Crippen LogP contribution in [0.5, 0.6) is 0 Å². The Bertz CT molecular complexity index is 519. The molecular formula is C16H21NO2. The summed E-state index contributed by atoms with van der Waals surface area (Å²) in [7, 11) is 0. The van der Waals surface area contributed by atoms with E-state index in [1.54, 1.807) is 6.07 Å². The summed E-state index contributed by atoms with van der Waals surface area (Å²) in [6.07, 6.45) is 5.73. The van der Waals surface area contributed by atoms with E-state index in [0.717, 1.165) is 30.7 Å². The average Bonchev–Trinajstić information content (AvgIpc) is 2.72. The smallest absolute Gasteiger partial charge is 0.258 e. The third-order valence-corrected chi connectivity index (χ3v) is 5.74. The van der Waals surface area contributed by atoms with E-state index in [4.69, 9.17) is 0 Å². The third-order valence-electron chi connectivity index (χ3n) is 5.74. The van der Waals surface area contributed by atoms with Crippen molar-refractivity contribution < 1.29 is 4.92 Å². The molecule has 1 fully saturated rings. The molecular weight excluding hydrogens is 238 g/mol. The molecule has 2 bridgehead atoms. The molecule has 0 spiro atoms. The molecule has 0 aromatic heterocycles. The van der Waals surface area contributed by atoms with Gasteiger partial charge in [0, 0.05) is 11.6 Å². The SMILES string of the molecule is CCC1(CC)CC2CC1Cc1cccc([N+](=O)[O-])c12. The predicted octanol–water partition coefficient (Wildman–Crippen LogP) is 4.45. The van der Waals surface area contributed by atoms with E-state index < -0.39 is 0 Å². The van der Waals surface area contributed by atoms with Gasteiger partial charge in [0.15, 0.2) is 0 Å². The number of nitro benzene ring substituents is 1. The molecule has 2 atom stereocenters. The second-order valence-electron chi connectivity index (χ2n) is 6.21. The van der Waals surface area contributed by atoms with Gasteiger partial charge in [-0.3, -0.25) is 10.1 Å². The quantitative estimate of drug-likeness (QED) is 0.594. The predicted molar refractivity (Wildman–Crippen MR) is 75.3 cm³/mol. The summed E-state index contributed by atoms with van der Waals surface area (Å²) in [5.74, 6) is 1.14. The number of hydrogen-bond acceptors (Lipinski definition) is 2. The van der Waals surface area contributed by atoms with Crippen molar-refractivity contribution in [2.24, 2.45) is 11.3 Å². The van der Waals surface area contributed by atoms with Gasteiger partial charge in [0.25, 0.3) is 5.69 Å². The van der Waals surface area contributed by atoms with E-state index in [-0.39, 0.29) is 4.92 Å². The van der Waals surface area contributed by atoms with Crippen LogP contribution in [0.4, 0.5) is 5.69 Å². The monoisotopic (exact) mass is 259 g/mol. The first-order valence-electron chi connectivity index (χ1n) is 7.37. The van der Waals surface area contributed by atoms with E-state index in [2.05, 4.69) is 19.9 Å². The highest BCUT2D eigenvalue weighted by Gasteiger charge is 2.49. The molecule has 2 aliphatic rings. The number of nitrogens with zero attached hydrogens (tertiary/aromatic N) is 1. The molecule has 0 heterocycles. The van der Waals surface area contributed by atoms with Crippen LogP contribution in [0, 0.1) is 21.4 Å². The molecule has 1 aromatic carbocycles. The van der Waals surface area contributed by atoms with Crippen LogP contribution in [-0.2, 0) is 6.42 Å². The minimum Gasteiger partial charge on any atom is -0.258 e. The standard InChI is InChI=1S/C16H21NO2/c1-3-16(4-2)10-12-9-13(16)8-11-6-5-7-14(15(11)12)17(18)19/h5-7,12-13H,3-4,8-10H2,1-2H3. The Morgan fingerprint density at radius 2 is 2.11 bits per heavy atom. The number of benzene rings is 1. The Morgan fingerprint density at radius 3 is 2.74 bits per heavy atom. The zero-order valence-electron chi connectivity index (χ0n) is 11.7. The zero-order chi connectivity index (χ0) is 13.6. The second kappa shape index (κ2) is 4.32. The topological polar surface area (TPSA) is 43.1 Å². The van der Waals surface area contributed by atoms with E-state index in [0.29, 0.717) is 17.0 Å². The van der Waals surface area contributed by atoms with Crippen molar-refractivity contribution in [2.75, 3.05) is 0 Å². The van der Waals surface area contributed by atoms with Gasteiger partial charge in [-0.1, -0.05) is 38.8 Å². The largest absolute Gasteiger partial charge is 0.273 e. The molecule has 0 amide bonds. The fourth-order valence-corrected chi connectivity index (χ4v) is 4.64. The van der Waals surface area contributed by atoms with Crippen LogP contribution in [0.1, 0.15) is 56.6 Å². The van der Waals surface area contributed by atoms with Crippen LogP contribution in [0.2, 0.25) is 0 Å². The Hall–Kier alpha value is -1.38. The van der Waals surface area contributed by atoms with Gasteiger partial charge in [0.05, 0.1) is 4.92 Å². The van der Waals surface area contributed by atoms with Crippen molar-refractivity contribution in [3.05, 3.63) is 39.4 Å². The summed E-state index contributed by atoms with van der Waals surface area (Å²) in [5, 5.41) is 11.3. The lowest BCUT2D eigenvalue weighted by Crippen LogP contribution is -2.25. The lowest BCUT2D eigenvalue weighted by Gasteiger charge is -2.33. The Balaban J connectivity index is 2.08. The normalized spacial score (nSPS) is 27.1. The van der Waals surface area contributed by atoms with Gasteiger partial charge in [-0.15, -0.1) is 0 Å². The van der Waals surface area contributed by atoms with Crippen molar-refractivity contribution in [1.29, 1.82) is 0 Å². The van der Waals surface area contributed by atoms with Gasteiger partial charge >= 0.3 is 0 Å². The number of rotatable bonds is 3. The molecule has 1 aromatic rings. The fourth-order valence-electron chi connectivity index (χ4n) is 4.64. The second-order valence-corrected chi connectivity index (χ2v) is 6.21. The van der Waals surface area contributed by atoms with Gasteiger partial charge in [0.2, 0.25) is 0 Å². The van der Waals surface area contributed by atoms with E-state index in [1.165, 1.54) is 18.4 Å². The van der Waals surface area contributed by atoms with Crippen molar-refractivity contribution in [3.63, 3.8) is 0 Å². The van der Waals surface area contributed by atoms with Crippen molar-refractivity contribution >= 4 is 5.69 Å². The van der Waals surface area contributed by atoms with Gasteiger partial charge in [-0.05, 0) is 42.1 Å². The molecule has 0 aliphatic heterocycles. The van der Waals surface area contributed by atoms with Crippen LogP contribution >= 0.6 is 0 Å². The van der Waals surface area contributed by atoms with Crippen molar-refractivity contribution in [1.82, 2.24) is 0 Å². The average molecular weight is 259 g/mol. The summed E-state index contributed by atoms with van der Waals surface area (Å²) in [6, 6.07) is 5.63. The summed E-state index contributed by atoms with van der Waals surface area (Å²) in [5.41, 5.74) is 3.05. The molecule has 2 aliphatic carbocycles. The van der Waals surface area contributed by atoms with Gasteiger partial charge in [-0.2, -0.15) is 0 Å². The maximum atomic E-state index is 11.3. The van der Waals surface area contributed by atoms with Crippen molar-refractivity contribution in [2.45, 2.75) is 51.9 Å². The lowest BCUT2D eigenvalue weighted by molar-refractivity contribution is -0.385. The van der Waals surface area contributed by atoms with Crippen LogP contribution in [-0.4, -0.2) is 4.92 Å². The van der Waals surface area contributed by atoms with E-state index in [1.807, 2.05) is 6.07 Å². The minimum absolute atomic E-state index is 0.197. The van der Waals surface area contributed by atoms with Crippen LogP contribution in [0.15, 0.2) is 18.2 Å². The molecule has 19 heavy (non-hydrogen) atoms. The summed E-state index contributed by atoms with van der Waals surface area (Å²) < 4.78 is 0. The molecule has 1 saturated carbocycles.